The molecule has 0 unspecified atom stereocenters. The van der Waals surface area contributed by atoms with E-state index in [0.717, 1.165) is 71.9 Å². The number of rotatable bonds is 6. The fraction of sp³-hybridized carbons (Fsp3) is 0. The molecule has 0 aliphatic heterocycles. The van der Waals surface area contributed by atoms with E-state index in [1.807, 2.05) is 103 Å². The number of aromatic nitrogens is 4. The molecule has 52 heavy (non-hydrogen) atoms. The van der Waals surface area contributed by atoms with Gasteiger partial charge < -0.3 is 0 Å². The summed E-state index contributed by atoms with van der Waals surface area (Å²) in [6.45, 7) is 7.47. The smallest absolute Gasteiger partial charge is 0.187 e. The largest absolute Gasteiger partial charge is 0.248 e. The molecule has 0 spiro atoms. The molecule has 0 aliphatic carbocycles. The van der Waals surface area contributed by atoms with Crippen molar-refractivity contribution >= 4 is 27.4 Å². The molecule has 0 bridgehead atoms. The second-order valence-corrected chi connectivity index (χ2v) is 12.6. The van der Waals surface area contributed by atoms with Crippen molar-refractivity contribution in [2.24, 2.45) is 0 Å². The topological polar surface area (TPSA) is 55.9 Å². The van der Waals surface area contributed by atoms with Gasteiger partial charge in [-0.15, -0.1) is 0 Å². The van der Waals surface area contributed by atoms with E-state index in [-0.39, 0.29) is 0 Å². The zero-order valence-corrected chi connectivity index (χ0v) is 28.0. The highest BCUT2D eigenvalue weighted by atomic mass is 15.0. The summed E-state index contributed by atoms with van der Waals surface area (Å²) >= 11 is 0. The van der Waals surface area contributed by atoms with Gasteiger partial charge in [-0.3, -0.25) is 0 Å². The molecule has 0 saturated heterocycles. The third-order valence-corrected chi connectivity index (χ3v) is 9.36. The molecule has 0 amide bonds. The van der Waals surface area contributed by atoms with Gasteiger partial charge in [0.2, 0.25) is 0 Å². The first-order valence-electron chi connectivity index (χ1n) is 17.1. The van der Waals surface area contributed by atoms with E-state index in [2.05, 4.69) is 77.6 Å². The van der Waals surface area contributed by atoms with E-state index in [1.54, 1.807) is 0 Å². The van der Waals surface area contributed by atoms with Gasteiger partial charge in [0.15, 0.2) is 23.2 Å². The number of pyridine rings is 1. The molecule has 9 rings (SSSR count). The average Bonchev–Trinajstić information content (AvgIpc) is 3.24. The summed E-state index contributed by atoms with van der Waals surface area (Å²) in [5, 5.41) is 3.33. The molecule has 0 aliphatic rings. The van der Waals surface area contributed by atoms with Gasteiger partial charge in [0.25, 0.3) is 0 Å². The quantitative estimate of drug-likeness (QED) is 0.131. The van der Waals surface area contributed by atoms with Crippen LogP contribution >= 0.6 is 0 Å². The van der Waals surface area contributed by atoms with E-state index in [4.69, 9.17) is 26.5 Å². The molecule has 0 atom stereocenters. The number of hydrogen-bond donors (Lipinski definition) is 0. The van der Waals surface area contributed by atoms with Crippen molar-refractivity contribution in [3.05, 3.63) is 187 Å². The van der Waals surface area contributed by atoms with Crippen molar-refractivity contribution in [3.63, 3.8) is 0 Å². The van der Waals surface area contributed by atoms with E-state index < -0.39 is 0 Å². The average molecular weight is 664 g/mol. The van der Waals surface area contributed by atoms with E-state index >= 15 is 0 Å². The maximum Gasteiger partial charge on any atom is 0.187 e. The number of nitrogens with zero attached hydrogens (tertiary/aromatic N) is 5. The van der Waals surface area contributed by atoms with Gasteiger partial charge in [-0.2, -0.15) is 0 Å². The van der Waals surface area contributed by atoms with Gasteiger partial charge in [0.1, 0.15) is 0 Å². The molecule has 2 heterocycles. The van der Waals surface area contributed by atoms with Gasteiger partial charge >= 0.3 is 0 Å². The van der Waals surface area contributed by atoms with Gasteiger partial charge in [-0.1, -0.05) is 164 Å². The van der Waals surface area contributed by atoms with Crippen LogP contribution < -0.4 is 0 Å². The first-order chi connectivity index (χ1) is 25.7. The van der Waals surface area contributed by atoms with E-state index in [9.17, 15) is 0 Å². The summed E-state index contributed by atoms with van der Waals surface area (Å²) in [6, 6.07) is 59.6. The van der Waals surface area contributed by atoms with E-state index in [1.165, 1.54) is 0 Å². The molecule has 242 valence electrons. The highest BCUT2D eigenvalue weighted by Crippen LogP contribution is 2.40. The zero-order valence-electron chi connectivity index (χ0n) is 28.0. The fourth-order valence-corrected chi connectivity index (χ4v) is 6.78. The summed E-state index contributed by atoms with van der Waals surface area (Å²) in [5.41, 5.74) is 10.6. The predicted octanol–water partition coefficient (Wildman–Crippen LogP) is 12.1. The van der Waals surface area contributed by atoms with Crippen molar-refractivity contribution in [1.82, 2.24) is 19.9 Å². The Morgan fingerprint density at radius 1 is 0.365 bits per heavy atom. The lowest BCUT2D eigenvalue weighted by atomic mass is 9.91. The lowest BCUT2D eigenvalue weighted by Crippen LogP contribution is -2.00. The Balaban J connectivity index is 1.17. The monoisotopic (exact) mass is 663 g/mol. The Labute approximate surface area is 301 Å². The van der Waals surface area contributed by atoms with Crippen molar-refractivity contribution in [2.75, 3.05) is 0 Å². The Bertz CT molecular complexity index is 2700. The van der Waals surface area contributed by atoms with E-state index in [0.29, 0.717) is 23.2 Å². The predicted molar refractivity (Wildman–Crippen MR) is 212 cm³/mol. The molecule has 5 nitrogen and oxygen atoms in total. The molecule has 0 radical (unpaired) electrons. The fourth-order valence-electron chi connectivity index (χ4n) is 6.78. The Kier molecular flexibility index (Phi) is 7.81. The zero-order chi connectivity index (χ0) is 34.9. The normalized spacial score (nSPS) is 11.1. The molecular formula is C47H29N5. The van der Waals surface area contributed by atoms with Crippen LogP contribution in [0.2, 0.25) is 0 Å². The van der Waals surface area contributed by atoms with Crippen LogP contribution in [-0.2, 0) is 0 Å². The van der Waals surface area contributed by atoms with Crippen LogP contribution in [0.15, 0.2) is 176 Å². The minimum Gasteiger partial charge on any atom is -0.248 e. The maximum atomic E-state index is 7.47. The third kappa shape index (κ3) is 5.75. The van der Waals surface area contributed by atoms with Crippen LogP contribution in [-0.4, -0.2) is 19.9 Å². The van der Waals surface area contributed by atoms with Crippen molar-refractivity contribution in [2.45, 2.75) is 0 Å². The minimum absolute atomic E-state index is 0.616. The van der Waals surface area contributed by atoms with Gasteiger partial charge in [0.05, 0.1) is 17.8 Å². The highest BCUT2D eigenvalue weighted by Gasteiger charge is 2.16. The Morgan fingerprint density at radius 2 is 0.865 bits per heavy atom. The van der Waals surface area contributed by atoms with Crippen LogP contribution in [0.4, 0.5) is 5.69 Å². The molecule has 7 aromatic carbocycles. The standard InChI is InChI=1S/C47H29N5/c1-48-37-26-24-32(25-27-37)41-30-43(33-12-5-2-6-13-33)49-42-29-28-39-38(18-11-19-40(39)44(41)42)31-20-22-36(23-21-31)47-51-45(34-14-7-3-8-15-34)50-46(52-47)35-16-9-4-10-17-35/h2-30H. The summed E-state index contributed by atoms with van der Waals surface area (Å²) in [4.78, 5) is 23.5. The summed E-state index contributed by atoms with van der Waals surface area (Å²) < 4.78 is 0. The molecule has 9 aromatic rings. The minimum atomic E-state index is 0.616. The van der Waals surface area contributed by atoms with Crippen LogP contribution in [0.3, 0.4) is 0 Å². The Morgan fingerprint density at radius 3 is 1.44 bits per heavy atom. The van der Waals surface area contributed by atoms with Crippen LogP contribution in [0.25, 0.3) is 94.2 Å². The number of hydrogen-bond acceptors (Lipinski definition) is 4. The molecular weight excluding hydrogens is 635 g/mol. The number of fused-ring (bicyclic) bond motifs is 3. The molecule has 0 saturated carbocycles. The summed E-state index contributed by atoms with van der Waals surface area (Å²) in [5.74, 6) is 1.90. The molecule has 0 N–H and O–H groups in total. The van der Waals surface area contributed by atoms with Crippen molar-refractivity contribution in [3.8, 4) is 67.7 Å². The summed E-state index contributed by atoms with van der Waals surface area (Å²) in [6.07, 6.45) is 0. The molecule has 5 heteroatoms. The lowest BCUT2D eigenvalue weighted by Gasteiger charge is -2.15. The SMILES string of the molecule is [C-]#[N+]c1ccc(-c2cc(-c3ccccc3)nc3ccc4c(-c5ccc(-c6nc(-c7ccccc7)nc(-c7ccccc7)n6)cc5)cccc4c23)cc1. The maximum absolute atomic E-state index is 7.47. The Hall–Kier alpha value is -7.29. The van der Waals surface area contributed by atoms with Crippen molar-refractivity contribution < 1.29 is 0 Å². The van der Waals surface area contributed by atoms with Gasteiger partial charge in [-0.25, -0.2) is 24.8 Å². The van der Waals surface area contributed by atoms with Crippen LogP contribution in [0, 0.1) is 6.57 Å². The van der Waals surface area contributed by atoms with Gasteiger partial charge in [-0.05, 0) is 45.2 Å². The van der Waals surface area contributed by atoms with Crippen LogP contribution in [0.1, 0.15) is 0 Å². The number of benzene rings is 7. The summed E-state index contributed by atoms with van der Waals surface area (Å²) in [7, 11) is 0. The third-order valence-electron chi connectivity index (χ3n) is 9.36. The first-order valence-corrected chi connectivity index (χ1v) is 17.1. The second kappa shape index (κ2) is 13.2. The lowest BCUT2D eigenvalue weighted by molar-refractivity contribution is 1.07. The van der Waals surface area contributed by atoms with Crippen molar-refractivity contribution in [1.29, 1.82) is 0 Å². The molecule has 2 aromatic heterocycles. The van der Waals surface area contributed by atoms with Crippen LogP contribution in [0.5, 0.6) is 0 Å². The molecule has 0 fully saturated rings. The van der Waals surface area contributed by atoms with Gasteiger partial charge in [0, 0.05) is 27.6 Å². The second-order valence-electron chi connectivity index (χ2n) is 12.6. The highest BCUT2D eigenvalue weighted by molar-refractivity contribution is 6.17. The first kappa shape index (κ1) is 30.7.